The van der Waals surface area contributed by atoms with Crippen LogP contribution in [0.15, 0.2) is 17.2 Å². The van der Waals surface area contributed by atoms with E-state index >= 15 is 0 Å². The van der Waals surface area contributed by atoms with Crippen LogP contribution >= 0.6 is 13.5 Å². The SMILES string of the molecule is S.[C-]#[N+]c1cnc2c(c1)S(=O)(=O)NC[C@@H]1CCCN21. The lowest BCUT2D eigenvalue weighted by atomic mass is 10.2. The average molecular weight is 298 g/mol. The van der Waals surface area contributed by atoms with Crippen LogP contribution in [-0.4, -0.2) is 32.5 Å². The minimum Gasteiger partial charge on any atom is -0.351 e. The first-order valence-corrected chi connectivity index (χ1v) is 7.24. The molecule has 1 fully saturated rings. The second-order valence-corrected chi connectivity index (χ2v) is 6.20. The molecule has 3 rings (SSSR count). The molecule has 102 valence electrons. The molecule has 8 heteroatoms. The lowest BCUT2D eigenvalue weighted by Crippen LogP contribution is -2.36. The lowest BCUT2D eigenvalue weighted by molar-refractivity contribution is 0.575. The maximum Gasteiger partial charge on any atom is 0.243 e. The second kappa shape index (κ2) is 5.00. The zero-order valence-corrected chi connectivity index (χ0v) is 11.9. The van der Waals surface area contributed by atoms with Gasteiger partial charge in [0.25, 0.3) is 0 Å². The largest absolute Gasteiger partial charge is 0.351 e. The molecule has 0 spiro atoms. The third kappa shape index (κ3) is 2.29. The Morgan fingerprint density at radius 1 is 1.53 bits per heavy atom. The van der Waals surface area contributed by atoms with Crippen LogP contribution in [0, 0.1) is 6.57 Å². The first-order valence-electron chi connectivity index (χ1n) is 5.75. The van der Waals surface area contributed by atoms with E-state index in [0.717, 1.165) is 19.4 Å². The summed E-state index contributed by atoms with van der Waals surface area (Å²) in [6.07, 6.45) is 3.44. The maximum absolute atomic E-state index is 12.1. The molecular formula is C11H14N4O2S2. The molecule has 1 aromatic rings. The van der Waals surface area contributed by atoms with Gasteiger partial charge in [-0.15, -0.1) is 0 Å². The summed E-state index contributed by atoms with van der Waals surface area (Å²) < 4.78 is 26.8. The highest BCUT2D eigenvalue weighted by molar-refractivity contribution is 7.89. The van der Waals surface area contributed by atoms with E-state index in [9.17, 15) is 8.42 Å². The molecule has 0 bridgehead atoms. The van der Waals surface area contributed by atoms with Crippen LogP contribution in [0.4, 0.5) is 11.5 Å². The predicted octanol–water partition coefficient (Wildman–Crippen LogP) is 1.01. The van der Waals surface area contributed by atoms with Crippen LogP contribution < -0.4 is 9.62 Å². The Morgan fingerprint density at radius 3 is 3.05 bits per heavy atom. The van der Waals surface area contributed by atoms with Crippen LogP contribution in [0.5, 0.6) is 0 Å². The number of nitrogens with one attached hydrogen (secondary N) is 1. The summed E-state index contributed by atoms with van der Waals surface area (Å²) in [5, 5.41) is 0. The van der Waals surface area contributed by atoms with E-state index in [1.54, 1.807) is 0 Å². The topological polar surface area (TPSA) is 66.7 Å². The first-order chi connectivity index (χ1) is 8.62. The molecule has 2 aliphatic heterocycles. The number of fused-ring (bicyclic) bond motifs is 3. The fourth-order valence-electron chi connectivity index (χ4n) is 2.51. The molecule has 19 heavy (non-hydrogen) atoms. The van der Waals surface area contributed by atoms with Crippen molar-refractivity contribution < 1.29 is 8.42 Å². The summed E-state index contributed by atoms with van der Waals surface area (Å²) in [6, 6.07) is 1.57. The molecule has 1 saturated heterocycles. The highest BCUT2D eigenvalue weighted by atomic mass is 32.2. The van der Waals surface area contributed by atoms with Crippen molar-refractivity contribution in [2.24, 2.45) is 0 Å². The minimum absolute atomic E-state index is 0. The van der Waals surface area contributed by atoms with Gasteiger partial charge in [-0.2, -0.15) is 13.5 Å². The Bertz CT molecular complexity index is 639. The number of hydrogen-bond donors (Lipinski definition) is 1. The monoisotopic (exact) mass is 298 g/mol. The summed E-state index contributed by atoms with van der Waals surface area (Å²) in [4.78, 5) is 9.57. The Morgan fingerprint density at radius 2 is 2.32 bits per heavy atom. The van der Waals surface area contributed by atoms with E-state index in [0.29, 0.717) is 12.4 Å². The van der Waals surface area contributed by atoms with Gasteiger partial charge < -0.3 is 4.90 Å². The van der Waals surface area contributed by atoms with E-state index in [4.69, 9.17) is 6.57 Å². The van der Waals surface area contributed by atoms with Crippen molar-refractivity contribution in [3.05, 3.63) is 23.7 Å². The van der Waals surface area contributed by atoms with Gasteiger partial charge in [-0.05, 0) is 18.9 Å². The Hall–Kier alpha value is -1.30. The molecule has 0 saturated carbocycles. The lowest BCUT2D eigenvalue weighted by Gasteiger charge is -2.23. The van der Waals surface area contributed by atoms with Crippen molar-refractivity contribution in [1.29, 1.82) is 0 Å². The number of aromatic nitrogens is 1. The van der Waals surface area contributed by atoms with Crippen molar-refractivity contribution in [2.45, 2.75) is 23.8 Å². The second-order valence-electron chi connectivity index (χ2n) is 4.47. The van der Waals surface area contributed by atoms with Gasteiger partial charge in [0.2, 0.25) is 15.7 Å². The Balaban J connectivity index is 0.00000133. The molecule has 6 nitrogen and oxygen atoms in total. The molecule has 3 heterocycles. The fourth-order valence-corrected chi connectivity index (χ4v) is 3.77. The summed E-state index contributed by atoms with van der Waals surface area (Å²) in [5.74, 6) is 0.481. The van der Waals surface area contributed by atoms with Gasteiger partial charge in [-0.3, -0.25) is 0 Å². The van der Waals surface area contributed by atoms with Gasteiger partial charge in [-0.1, -0.05) is 0 Å². The van der Waals surface area contributed by atoms with Crippen LogP contribution in [0.2, 0.25) is 0 Å². The standard InChI is InChI=1S/C11H12N4O2S.H2S/c1-12-8-5-10-11(13-6-8)15-4-2-3-9(15)7-14-18(10,16)17;/h5-6,9,14H,2-4,7H2;1H2/t9-;/m0./s1. The highest BCUT2D eigenvalue weighted by Crippen LogP contribution is 2.33. The van der Waals surface area contributed by atoms with Crippen LogP contribution in [0.25, 0.3) is 4.85 Å². The third-order valence-corrected chi connectivity index (χ3v) is 4.82. The number of rotatable bonds is 0. The molecular weight excluding hydrogens is 284 g/mol. The maximum atomic E-state index is 12.1. The molecule has 2 aliphatic rings. The number of pyridine rings is 1. The fraction of sp³-hybridized carbons (Fsp3) is 0.455. The van der Waals surface area contributed by atoms with Crippen molar-refractivity contribution in [3.8, 4) is 0 Å². The average Bonchev–Trinajstić information content (AvgIpc) is 2.80. The Kier molecular flexibility index (Phi) is 3.71. The van der Waals surface area contributed by atoms with Crippen LogP contribution in [0.3, 0.4) is 0 Å². The molecule has 0 aliphatic carbocycles. The van der Waals surface area contributed by atoms with Crippen molar-refractivity contribution in [2.75, 3.05) is 18.0 Å². The van der Waals surface area contributed by atoms with E-state index in [1.165, 1.54) is 12.3 Å². The first kappa shape index (κ1) is 14.1. The van der Waals surface area contributed by atoms with Gasteiger partial charge in [0.05, 0.1) is 6.57 Å². The number of sulfonamides is 1. The van der Waals surface area contributed by atoms with E-state index in [1.807, 2.05) is 4.90 Å². The molecule has 1 N–H and O–H groups in total. The van der Waals surface area contributed by atoms with Gasteiger partial charge in [-0.25, -0.2) is 23.0 Å². The molecule has 0 amide bonds. The molecule has 0 radical (unpaired) electrons. The smallest absolute Gasteiger partial charge is 0.243 e. The zero-order chi connectivity index (χ0) is 12.8. The molecule has 1 atom stereocenters. The zero-order valence-electron chi connectivity index (χ0n) is 10.1. The van der Waals surface area contributed by atoms with Crippen LogP contribution in [0.1, 0.15) is 12.8 Å². The molecule has 0 aromatic carbocycles. The van der Waals surface area contributed by atoms with Gasteiger partial charge in [0.1, 0.15) is 10.7 Å². The van der Waals surface area contributed by atoms with E-state index < -0.39 is 10.0 Å². The summed E-state index contributed by atoms with van der Waals surface area (Å²) in [5.41, 5.74) is 0.247. The van der Waals surface area contributed by atoms with Crippen molar-refractivity contribution in [1.82, 2.24) is 9.71 Å². The summed E-state index contributed by atoms with van der Waals surface area (Å²) in [7, 11) is -3.55. The summed E-state index contributed by atoms with van der Waals surface area (Å²) in [6.45, 7) is 8.18. The van der Waals surface area contributed by atoms with Crippen molar-refractivity contribution in [3.63, 3.8) is 0 Å². The van der Waals surface area contributed by atoms with Gasteiger partial charge in [0.15, 0.2) is 0 Å². The number of hydrogen-bond acceptors (Lipinski definition) is 4. The normalized spacial score (nSPS) is 23.5. The van der Waals surface area contributed by atoms with Crippen molar-refractivity contribution >= 4 is 35.0 Å². The number of nitrogens with zero attached hydrogens (tertiary/aromatic N) is 3. The number of anilines is 1. The van der Waals surface area contributed by atoms with Crippen LogP contribution in [-0.2, 0) is 10.0 Å². The summed E-state index contributed by atoms with van der Waals surface area (Å²) >= 11 is 0. The minimum atomic E-state index is -3.55. The quantitative estimate of drug-likeness (QED) is 0.726. The third-order valence-electron chi connectivity index (χ3n) is 3.40. The van der Waals surface area contributed by atoms with E-state index in [-0.39, 0.29) is 30.1 Å². The van der Waals surface area contributed by atoms with Gasteiger partial charge >= 0.3 is 0 Å². The predicted molar refractivity (Wildman–Crippen MR) is 76.4 cm³/mol. The van der Waals surface area contributed by atoms with E-state index in [2.05, 4.69) is 14.6 Å². The molecule has 1 aromatic heterocycles. The van der Waals surface area contributed by atoms with Gasteiger partial charge in [0, 0.05) is 25.3 Å². The Labute approximate surface area is 119 Å². The molecule has 0 unspecified atom stereocenters. The highest BCUT2D eigenvalue weighted by Gasteiger charge is 2.35.